The topological polar surface area (TPSA) is 266 Å². The fourth-order valence-electron chi connectivity index (χ4n) is 7.34. The van der Waals surface area contributed by atoms with Crippen LogP contribution in [0.4, 0.5) is 0 Å². The maximum Gasteiger partial charge on any atom is 0.264 e. The van der Waals surface area contributed by atoms with Crippen LogP contribution >= 0.6 is 23.2 Å². The average Bonchev–Trinajstić information content (AvgIpc) is 3.79. The van der Waals surface area contributed by atoms with Gasteiger partial charge in [0, 0.05) is 12.1 Å². The van der Waals surface area contributed by atoms with Crippen molar-refractivity contribution >= 4 is 40.8 Å². The van der Waals surface area contributed by atoms with E-state index in [1.807, 2.05) is 19.1 Å². The third-order valence-electron chi connectivity index (χ3n) is 10.6. The van der Waals surface area contributed by atoms with Crippen LogP contribution in [0.5, 0.6) is 0 Å². The number of nitrogens with two attached hydrogens (primary N) is 1. The summed E-state index contributed by atoms with van der Waals surface area (Å²) in [5.41, 5.74) is 4.72. The van der Waals surface area contributed by atoms with Gasteiger partial charge in [0.15, 0.2) is 24.6 Å². The lowest BCUT2D eigenvalue weighted by molar-refractivity contribution is -0.338. The Balaban J connectivity index is 1.22. The van der Waals surface area contributed by atoms with Gasteiger partial charge in [-0.05, 0) is 38.5 Å². The Kier molecular flexibility index (Phi) is 18.2. The van der Waals surface area contributed by atoms with Crippen LogP contribution in [0.15, 0.2) is 95.4 Å². The standard InChI is InChI=1S/C42H54Cl2N2O16/c1-21-17-24(44)28(59-21)16-12-11-14-23(43)13-9-7-5-4-6-8-10-15-26(47)31-33(51)25(18-30(45)49)46(39(31)55)40-37(34(52)27(48)19-57-40)62-41-36(54)35(53)29(20-58-41)61-42-38(56-3)32(50)22(2)60-42/h4-16,21-22,24-25,27-29,32,34-38,40-42,47-48,50,52-54H,17-20H2,1-3H3,(H2,45,49)/b5-4+,8-6+,9-7+,14-11+,15-10+,16-12-,23-13-,31-26+/t21-,22-,24+,25+,27-,28+,29-,32-,34+,35-,36+,37-,38+,40-,41+,42+/m1/s1. The molecule has 0 spiro atoms. The molecule has 20 heteroatoms. The Bertz CT molecular complexity index is 1830. The first-order valence-corrected chi connectivity index (χ1v) is 20.7. The van der Waals surface area contributed by atoms with Gasteiger partial charge >= 0.3 is 0 Å². The molecule has 16 atom stereocenters. The fourth-order valence-corrected chi connectivity index (χ4v) is 7.88. The zero-order valence-electron chi connectivity index (χ0n) is 34.1. The number of nitrogens with zero attached hydrogens (tertiary/aromatic N) is 1. The first kappa shape index (κ1) is 49.4. The van der Waals surface area contributed by atoms with E-state index >= 15 is 0 Å². The summed E-state index contributed by atoms with van der Waals surface area (Å²) in [4.78, 5) is 40.4. The van der Waals surface area contributed by atoms with E-state index in [2.05, 4.69) is 0 Å². The van der Waals surface area contributed by atoms with Crippen LogP contribution in [0.2, 0.25) is 0 Å². The van der Waals surface area contributed by atoms with Gasteiger partial charge in [0.1, 0.15) is 66.2 Å². The molecule has 0 bridgehead atoms. The lowest BCUT2D eigenvalue weighted by Gasteiger charge is -2.46. The number of ketones is 1. The molecule has 0 saturated carbocycles. The third-order valence-corrected chi connectivity index (χ3v) is 11.3. The van der Waals surface area contributed by atoms with Gasteiger partial charge in [-0.2, -0.15) is 0 Å². The molecule has 62 heavy (non-hydrogen) atoms. The quantitative estimate of drug-likeness (QED) is 0.0370. The summed E-state index contributed by atoms with van der Waals surface area (Å²) in [5.74, 6) is -3.84. The predicted octanol–water partition coefficient (Wildman–Crippen LogP) is 0.746. The monoisotopic (exact) mass is 912 g/mol. The molecule has 0 unspecified atom stereocenters. The van der Waals surface area contributed by atoms with Gasteiger partial charge in [-0.3, -0.25) is 19.3 Å². The molecule has 8 N–H and O–H groups in total. The van der Waals surface area contributed by atoms with Gasteiger partial charge in [-0.25, -0.2) is 0 Å². The minimum Gasteiger partial charge on any atom is -0.507 e. The molecule has 2 amide bonds. The van der Waals surface area contributed by atoms with Crippen molar-refractivity contribution in [2.24, 2.45) is 5.73 Å². The number of rotatable bonds is 16. The summed E-state index contributed by atoms with van der Waals surface area (Å²) in [6.07, 6.45) is 4.23. The van der Waals surface area contributed by atoms with Crippen LogP contribution in [-0.2, 0) is 47.5 Å². The number of amides is 2. The molecule has 5 rings (SSSR count). The van der Waals surface area contributed by atoms with Crippen molar-refractivity contribution in [1.29, 1.82) is 0 Å². The molecule has 0 aromatic rings. The van der Waals surface area contributed by atoms with Crippen LogP contribution in [0, 0.1) is 0 Å². The highest BCUT2D eigenvalue weighted by Gasteiger charge is 2.56. The maximum atomic E-state index is 13.9. The van der Waals surface area contributed by atoms with Crippen LogP contribution in [-0.4, -0.2) is 171 Å². The summed E-state index contributed by atoms with van der Waals surface area (Å²) >= 11 is 12.5. The number of carbonyl (C=O) groups excluding carboxylic acids is 3. The third kappa shape index (κ3) is 12.2. The normalized spacial score (nSPS) is 39.7. The van der Waals surface area contributed by atoms with E-state index in [0.29, 0.717) is 5.03 Å². The van der Waals surface area contributed by atoms with E-state index in [4.69, 9.17) is 62.1 Å². The van der Waals surface area contributed by atoms with E-state index < -0.39 is 128 Å². The summed E-state index contributed by atoms with van der Waals surface area (Å²) < 4.78 is 39.5. The Morgan fingerprint density at radius 3 is 2.18 bits per heavy atom. The first-order valence-electron chi connectivity index (χ1n) is 19.9. The summed E-state index contributed by atoms with van der Waals surface area (Å²) in [5, 5.41) is 65.2. The molecular formula is C42H54Cl2N2O16. The van der Waals surface area contributed by atoms with E-state index in [1.54, 1.807) is 55.5 Å². The largest absolute Gasteiger partial charge is 0.507 e. The van der Waals surface area contributed by atoms with Crippen molar-refractivity contribution in [2.75, 3.05) is 20.3 Å². The molecule has 5 heterocycles. The number of hydrogen-bond donors (Lipinski definition) is 7. The van der Waals surface area contributed by atoms with E-state index in [-0.39, 0.29) is 17.6 Å². The molecule has 5 saturated heterocycles. The highest BCUT2D eigenvalue weighted by atomic mass is 35.5. The van der Waals surface area contributed by atoms with Gasteiger partial charge in [-0.1, -0.05) is 72.4 Å². The molecule has 0 radical (unpaired) electrons. The van der Waals surface area contributed by atoms with Crippen LogP contribution in [0.3, 0.4) is 0 Å². The molecule has 5 fully saturated rings. The molecule has 342 valence electrons. The van der Waals surface area contributed by atoms with Crippen molar-refractivity contribution in [3.63, 3.8) is 0 Å². The second-order valence-corrected chi connectivity index (χ2v) is 16.1. The smallest absolute Gasteiger partial charge is 0.264 e. The van der Waals surface area contributed by atoms with Crippen molar-refractivity contribution in [3.8, 4) is 0 Å². The number of hydrogen-bond acceptors (Lipinski definition) is 16. The SMILES string of the molecule is CO[C@@H]1[C@H](O[C@@H]2CO[C@@H](O[C@@H]3[C@@H](O)[C@H](O)CO[C@H]3N3C(=O)\C(=C(O)/C=C/C=C/C=C/C=C/C=C(Cl)/C=C/C=C\[C@@H]4O[C@H](C)C[C@@H]4Cl)C(=O)[C@@H]3CC(N)=O)[C@@H](O)[C@@H]2O)O[C@H](C)[C@H]1O. The molecule has 0 aromatic carbocycles. The second-order valence-electron chi connectivity index (χ2n) is 15.1. The number of Topliss-reactive ketones (excluding diaryl/α,β-unsaturated/α-hetero) is 1. The second kappa shape index (κ2) is 22.9. The van der Waals surface area contributed by atoms with Crippen molar-refractivity contribution in [2.45, 2.75) is 124 Å². The number of allylic oxidation sites excluding steroid dienone is 13. The number of primary amides is 1. The zero-order chi connectivity index (χ0) is 45.2. The maximum absolute atomic E-state index is 13.9. The van der Waals surface area contributed by atoms with Gasteiger partial charge in [0.05, 0.1) is 43.3 Å². The zero-order valence-corrected chi connectivity index (χ0v) is 35.6. The summed E-state index contributed by atoms with van der Waals surface area (Å²) in [6, 6.07) is -1.63. The predicted molar refractivity (Wildman–Crippen MR) is 221 cm³/mol. The number of methoxy groups -OCH3 is 1. The Labute approximate surface area is 368 Å². The van der Waals surface area contributed by atoms with E-state index in [1.165, 1.54) is 19.3 Å². The fraction of sp³-hybridized carbons (Fsp3) is 0.548. The van der Waals surface area contributed by atoms with Crippen LogP contribution < -0.4 is 5.73 Å². The summed E-state index contributed by atoms with van der Waals surface area (Å²) in [6.45, 7) is 2.61. The molecule has 5 aliphatic rings. The Hall–Kier alpha value is -3.57. The molecule has 0 aliphatic carbocycles. The van der Waals surface area contributed by atoms with E-state index in [0.717, 1.165) is 17.4 Å². The minimum atomic E-state index is -1.86. The van der Waals surface area contributed by atoms with Crippen molar-refractivity contribution in [3.05, 3.63) is 95.4 Å². The summed E-state index contributed by atoms with van der Waals surface area (Å²) in [7, 11) is 1.34. The number of aliphatic hydroxyl groups excluding tert-OH is 6. The van der Waals surface area contributed by atoms with Gasteiger partial charge in [0.25, 0.3) is 5.91 Å². The minimum absolute atomic E-state index is 0.0647. The molecule has 5 aliphatic heterocycles. The van der Waals surface area contributed by atoms with E-state index in [9.17, 15) is 45.0 Å². The van der Waals surface area contributed by atoms with Crippen LogP contribution in [0.1, 0.15) is 26.7 Å². The number of aliphatic hydroxyl groups is 6. The first-order chi connectivity index (χ1) is 29.5. The molecule has 0 aromatic heterocycles. The highest BCUT2D eigenvalue weighted by Crippen LogP contribution is 2.35. The van der Waals surface area contributed by atoms with Gasteiger partial charge in [0.2, 0.25) is 5.91 Å². The Morgan fingerprint density at radius 1 is 0.839 bits per heavy atom. The average molecular weight is 914 g/mol. The molecular weight excluding hydrogens is 859 g/mol. The van der Waals surface area contributed by atoms with Crippen LogP contribution in [0.25, 0.3) is 0 Å². The Morgan fingerprint density at radius 2 is 1.52 bits per heavy atom. The number of alkyl halides is 1. The van der Waals surface area contributed by atoms with Crippen molar-refractivity contribution < 1.29 is 78.2 Å². The lowest BCUT2D eigenvalue weighted by Crippen LogP contribution is -2.65. The van der Waals surface area contributed by atoms with Crippen molar-refractivity contribution in [1.82, 2.24) is 4.90 Å². The highest BCUT2D eigenvalue weighted by molar-refractivity contribution is 6.31. The van der Waals surface area contributed by atoms with Gasteiger partial charge in [-0.15, -0.1) is 11.6 Å². The number of halogens is 2. The lowest BCUT2D eigenvalue weighted by atomic mass is 10.0. The van der Waals surface area contributed by atoms with Gasteiger partial charge < -0.3 is 69.5 Å². The number of ether oxygens (including phenoxy) is 7. The number of likely N-dealkylation sites (tertiary alicyclic amines) is 1. The molecule has 18 nitrogen and oxygen atoms in total. The number of carbonyl (C=O) groups is 3.